The van der Waals surface area contributed by atoms with Gasteiger partial charge in [0, 0.05) is 38.5 Å². The normalized spacial score (nSPS) is 12.8. The Hall–Kier alpha value is -3.63. The van der Waals surface area contributed by atoms with Crippen LogP contribution in [0.2, 0.25) is 0 Å². The number of ether oxygens (including phenoxy) is 1. The first-order valence-electron chi connectivity index (χ1n) is 13.0. The molecule has 0 unspecified atom stereocenters. The van der Waals surface area contributed by atoms with Gasteiger partial charge in [-0.3, -0.25) is 14.8 Å². The number of esters is 1. The molecule has 206 valence electrons. The van der Waals surface area contributed by atoms with Crippen LogP contribution in [-0.4, -0.2) is 58.3 Å². The second-order valence-electron chi connectivity index (χ2n) is 10.1. The van der Waals surface area contributed by atoms with Crippen LogP contribution in [0.1, 0.15) is 49.3 Å². The van der Waals surface area contributed by atoms with Gasteiger partial charge in [0.2, 0.25) is 10.0 Å². The first kappa shape index (κ1) is 28.4. The molecule has 0 aliphatic carbocycles. The first-order chi connectivity index (χ1) is 18.6. The zero-order valence-corrected chi connectivity index (χ0v) is 23.6. The quantitative estimate of drug-likeness (QED) is 0.259. The van der Waals surface area contributed by atoms with Crippen molar-refractivity contribution in [1.29, 1.82) is 0 Å². The number of carbonyl (C=O) groups is 1. The molecule has 0 bridgehead atoms. The Morgan fingerprint density at radius 3 is 2.54 bits per heavy atom. The van der Waals surface area contributed by atoms with Crippen LogP contribution in [0.5, 0.6) is 0 Å². The van der Waals surface area contributed by atoms with Crippen LogP contribution in [0.25, 0.3) is 11.0 Å². The molecule has 9 nitrogen and oxygen atoms in total. The van der Waals surface area contributed by atoms with Crippen LogP contribution in [0, 0.1) is 12.8 Å². The molecule has 0 saturated carbocycles. The first-order valence-corrected chi connectivity index (χ1v) is 14.5. The lowest BCUT2D eigenvalue weighted by Gasteiger charge is -2.28. The predicted molar refractivity (Wildman–Crippen MR) is 150 cm³/mol. The molecule has 1 atom stereocenters. The van der Waals surface area contributed by atoms with Gasteiger partial charge in [0.1, 0.15) is 17.9 Å². The maximum atomic E-state index is 13.5. The third-order valence-corrected chi connectivity index (χ3v) is 8.53. The van der Waals surface area contributed by atoms with E-state index in [0.29, 0.717) is 19.3 Å². The third-order valence-electron chi connectivity index (χ3n) is 6.60. The number of aromatic nitrogens is 4. The highest BCUT2D eigenvalue weighted by Gasteiger charge is 2.29. The highest BCUT2D eigenvalue weighted by molar-refractivity contribution is 7.89. The van der Waals surface area contributed by atoms with Gasteiger partial charge in [-0.05, 0) is 61.1 Å². The molecule has 1 N–H and O–H groups in total. The summed E-state index contributed by atoms with van der Waals surface area (Å²) in [5.41, 5.74) is 4.44. The number of hydrogen-bond donors (Lipinski definition) is 1. The number of benzene rings is 1. The van der Waals surface area contributed by atoms with E-state index in [0.717, 1.165) is 33.7 Å². The summed E-state index contributed by atoms with van der Waals surface area (Å²) >= 11 is 0. The number of aromatic amines is 1. The van der Waals surface area contributed by atoms with Gasteiger partial charge in [0.15, 0.2) is 0 Å². The molecule has 39 heavy (non-hydrogen) atoms. The number of aryl methyl sites for hydroxylation is 2. The summed E-state index contributed by atoms with van der Waals surface area (Å²) in [5, 5.41) is 0. The molecular formula is C29H35N5O4S. The smallest absolute Gasteiger partial charge is 0.306 e. The van der Waals surface area contributed by atoms with Gasteiger partial charge in [-0.15, -0.1) is 0 Å². The van der Waals surface area contributed by atoms with Gasteiger partial charge >= 0.3 is 5.97 Å². The average molecular weight is 550 g/mol. The maximum absolute atomic E-state index is 13.5. The molecular weight excluding hydrogens is 514 g/mol. The molecule has 1 aromatic carbocycles. The van der Waals surface area contributed by atoms with Crippen molar-refractivity contribution in [1.82, 2.24) is 24.2 Å². The van der Waals surface area contributed by atoms with Gasteiger partial charge in [-0.25, -0.2) is 13.4 Å². The Balaban J connectivity index is 1.42. The minimum Gasteiger partial charge on any atom is -0.464 e. The van der Waals surface area contributed by atoms with Crippen LogP contribution in [0.15, 0.2) is 66.0 Å². The van der Waals surface area contributed by atoms with Crippen LogP contribution in [-0.2, 0) is 32.4 Å². The van der Waals surface area contributed by atoms with E-state index >= 15 is 0 Å². The average Bonchev–Trinajstić information content (AvgIpc) is 3.31. The largest absolute Gasteiger partial charge is 0.464 e. The van der Waals surface area contributed by atoms with Crippen molar-refractivity contribution in [2.24, 2.45) is 5.92 Å². The number of H-pyrrole nitrogens is 1. The number of likely N-dealkylation sites (N-methyl/N-ethyl adjacent to an activating group) is 1. The van der Waals surface area contributed by atoms with Crippen molar-refractivity contribution in [3.8, 4) is 0 Å². The Morgan fingerprint density at radius 2 is 1.85 bits per heavy atom. The topological polar surface area (TPSA) is 118 Å². The number of rotatable bonds is 12. The zero-order valence-electron chi connectivity index (χ0n) is 22.8. The van der Waals surface area contributed by atoms with Crippen molar-refractivity contribution in [2.75, 3.05) is 13.7 Å². The van der Waals surface area contributed by atoms with Crippen LogP contribution in [0.3, 0.4) is 0 Å². The summed E-state index contributed by atoms with van der Waals surface area (Å²) in [7, 11) is -2.26. The predicted octanol–water partition coefficient (Wildman–Crippen LogP) is 4.46. The van der Waals surface area contributed by atoms with Crippen molar-refractivity contribution < 1.29 is 17.9 Å². The molecule has 3 heterocycles. The van der Waals surface area contributed by atoms with Crippen molar-refractivity contribution in [3.63, 3.8) is 0 Å². The third kappa shape index (κ3) is 7.27. The molecule has 0 radical (unpaired) electrons. The summed E-state index contributed by atoms with van der Waals surface area (Å²) in [6.07, 6.45) is 6.95. The van der Waals surface area contributed by atoms with Gasteiger partial charge in [0.25, 0.3) is 0 Å². The number of hydrogen-bond acceptors (Lipinski definition) is 7. The number of nitrogens with one attached hydrogen (secondary N) is 1. The number of sulfonamides is 1. The van der Waals surface area contributed by atoms with E-state index in [9.17, 15) is 13.2 Å². The van der Waals surface area contributed by atoms with Crippen molar-refractivity contribution >= 4 is 27.0 Å². The molecule has 0 amide bonds. The summed E-state index contributed by atoms with van der Waals surface area (Å²) in [5.74, 6) is 0.669. The second-order valence-corrected chi connectivity index (χ2v) is 12.1. The molecule has 4 rings (SSSR count). The van der Waals surface area contributed by atoms with Crippen LogP contribution in [0.4, 0.5) is 0 Å². The zero-order chi connectivity index (χ0) is 28.0. The standard InChI is InChI=1S/C29H35N5O4S/c1-20(2)16-24(19-38-28(35)12-9-23-6-5-14-30-18-23)34(4)39(36,37)25-10-7-22(8-11-25)17-27-29-26(13-15-31-27)32-21(3)33-29/h5-8,10-11,13-15,18,20,24H,9,12,16-17,19H2,1-4H3,(H,32,33)/t24-/m0/s1. The van der Waals surface area contributed by atoms with Crippen molar-refractivity contribution in [2.45, 2.75) is 57.4 Å². The highest BCUT2D eigenvalue weighted by Crippen LogP contribution is 2.23. The minimum absolute atomic E-state index is 0.00335. The number of carbonyl (C=O) groups excluding carboxylic acids is 1. The summed E-state index contributed by atoms with van der Waals surface area (Å²) in [6, 6.07) is 12.0. The number of nitrogens with zero attached hydrogens (tertiary/aromatic N) is 4. The van der Waals surface area contributed by atoms with Gasteiger partial charge in [-0.2, -0.15) is 4.31 Å². The van der Waals surface area contributed by atoms with Gasteiger partial charge in [0.05, 0.1) is 22.1 Å². The molecule has 0 fully saturated rings. The molecule has 0 aliphatic rings. The molecule has 0 spiro atoms. The van der Waals surface area contributed by atoms with E-state index in [-0.39, 0.29) is 29.8 Å². The number of fused-ring (bicyclic) bond motifs is 1. The van der Waals surface area contributed by atoms with E-state index in [1.165, 1.54) is 4.31 Å². The van der Waals surface area contributed by atoms with Crippen molar-refractivity contribution in [3.05, 3.63) is 83.7 Å². The molecule has 10 heteroatoms. The van der Waals surface area contributed by atoms with E-state index in [1.54, 1.807) is 49.9 Å². The monoisotopic (exact) mass is 549 g/mol. The lowest BCUT2D eigenvalue weighted by atomic mass is 10.0. The Bertz CT molecular complexity index is 1500. The fraction of sp³-hybridized carbons (Fsp3) is 0.379. The maximum Gasteiger partial charge on any atom is 0.306 e. The SMILES string of the molecule is Cc1nc2c(Cc3ccc(S(=O)(=O)N(C)[C@H](COC(=O)CCc4cccnc4)CC(C)C)cc3)nccc2[nH]1. The van der Waals surface area contributed by atoms with E-state index in [2.05, 4.69) is 19.9 Å². The summed E-state index contributed by atoms with van der Waals surface area (Å²) in [6.45, 7) is 5.93. The Morgan fingerprint density at radius 1 is 1.08 bits per heavy atom. The van der Waals surface area contributed by atoms with Gasteiger partial charge < -0.3 is 9.72 Å². The van der Waals surface area contributed by atoms with Crippen LogP contribution < -0.4 is 0 Å². The summed E-state index contributed by atoms with van der Waals surface area (Å²) in [4.78, 5) is 28.9. The van der Waals surface area contributed by atoms with E-state index in [4.69, 9.17) is 4.74 Å². The molecule has 4 aromatic rings. The summed E-state index contributed by atoms with van der Waals surface area (Å²) < 4.78 is 33.9. The Labute approximate surface area is 229 Å². The lowest BCUT2D eigenvalue weighted by molar-refractivity contribution is -0.145. The molecule has 0 aliphatic heterocycles. The number of pyridine rings is 2. The lowest BCUT2D eigenvalue weighted by Crippen LogP contribution is -2.41. The fourth-order valence-corrected chi connectivity index (χ4v) is 5.85. The Kier molecular flexibility index (Phi) is 9.08. The van der Waals surface area contributed by atoms with Gasteiger partial charge in [-0.1, -0.05) is 32.0 Å². The molecule has 3 aromatic heterocycles. The van der Waals surface area contributed by atoms with E-state index in [1.807, 2.05) is 39.0 Å². The second kappa shape index (κ2) is 12.5. The number of imidazole rings is 1. The van der Waals surface area contributed by atoms with E-state index < -0.39 is 16.1 Å². The highest BCUT2D eigenvalue weighted by atomic mass is 32.2. The molecule has 0 saturated heterocycles. The van der Waals surface area contributed by atoms with Crippen LogP contribution >= 0.6 is 0 Å². The minimum atomic E-state index is -3.81. The fourth-order valence-electron chi connectivity index (χ4n) is 4.50.